The highest BCUT2D eigenvalue weighted by Crippen LogP contribution is 2.38. The summed E-state index contributed by atoms with van der Waals surface area (Å²) in [7, 11) is 0. The van der Waals surface area contributed by atoms with Gasteiger partial charge in [0.15, 0.2) is 0 Å². The molecule has 0 bridgehead atoms. The Hall–Kier alpha value is -1.35. The predicted molar refractivity (Wildman–Crippen MR) is 80.5 cm³/mol. The first-order valence-electron chi connectivity index (χ1n) is 7.35. The molecular formula is C17H25NO2. The van der Waals surface area contributed by atoms with Crippen LogP contribution in [0, 0.1) is 12.3 Å². The first-order valence-corrected chi connectivity index (χ1v) is 7.35. The Morgan fingerprint density at radius 3 is 2.35 bits per heavy atom. The third kappa shape index (κ3) is 3.04. The van der Waals surface area contributed by atoms with E-state index in [0.29, 0.717) is 0 Å². The SMILES string of the molecule is Cc1ccccc1C1(OC(=O)C(C)(C)C)CCNCC1. The number of rotatable bonds is 2. The van der Waals surface area contributed by atoms with Crippen molar-refractivity contribution in [1.82, 2.24) is 5.32 Å². The second kappa shape index (κ2) is 5.57. The predicted octanol–water partition coefficient (Wildman–Crippen LogP) is 3.16. The average Bonchev–Trinajstić information content (AvgIpc) is 2.39. The van der Waals surface area contributed by atoms with Crippen molar-refractivity contribution in [3.63, 3.8) is 0 Å². The van der Waals surface area contributed by atoms with Gasteiger partial charge in [0.05, 0.1) is 5.41 Å². The van der Waals surface area contributed by atoms with E-state index in [9.17, 15) is 4.79 Å². The number of hydrogen-bond donors (Lipinski definition) is 1. The molecule has 0 radical (unpaired) electrons. The fourth-order valence-electron chi connectivity index (χ4n) is 2.67. The first kappa shape index (κ1) is 15.0. The van der Waals surface area contributed by atoms with Crippen molar-refractivity contribution in [1.29, 1.82) is 0 Å². The molecule has 20 heavy (non-hydrogen) atoms. The van der Waals surface area contributed by atoms with Crippen LogP contribution in [0.3, 0.4) is 0 Å². The highest BCUT2D eigenvalue weighted by Gasteiger charge is 2.41. The monoisotopic (exact) mass is 275 g/mol. The van der Waals surface area contributed by atoms with Gasteiger partial charge in [-0.1, -0.05) is 24.3 Å². The molecule has 0 saturated carbocycles. The molecule has 3 nitrogen and oxygen atoms in total. The smallest absolute Gasteiger partial charge is 0.312 e. The third-order valence-corrected chi connectivity index (χ3v) is 3.95. The van der Waals surface area contributed by atoms with E-state index >= 15 is 0 Å². The number of aryl methyl sites for hydroxylation is 1. The summed E-state index contributed by atoms with van der Waals surface area (Å²) < 4.78 is 6.03. The fraction of sp³-hybridized carbons (Fsp3) is 0.588. The number of hydrogen-bond acceptors (Lipinski definition) is 3. The van der Waals surface area contributed by atoms with Crippen LogP contribution in [0.5, 0.6) is 0 Å². The molecule has 1 aromatic carbocycles. The molecule has 0 aliphatic carbocycles. The molecule has 1 fully saturated rings. The van der Waals surface area contributed by atoms with Crippen LogP contribution in [-0.2, 0) is 15.1 Å². The summed E-state index contributed by atoms with van der Waals surface area (Å²) in [6.45, 7) is 9.56. The number of benzene rings is 1. The largest absolute Gasteiger partial charge is 0.454 e. The molecule has 1 saturated heterocycles. The van der Waals surface area contributed by atoms with Gasteiger partial charge in [-0.15, -0.1) is 0 Å². The molecule has 0 spiro atoms. The highest BCUT2D eigenvalue weighted by atomic mass is 16.6. The van der Waals surface area contributed by atoms with Crippen molar-refractivity contribution in [2.75, 3.05) is 13.1 Å². The zero-order chi connectivity index (χ0) is 14.8. The van der Waals surface area contributed by atoms with Gasteiger partial charge in [-0.2, -0.15) is 0 Å². The van der Waals surface area contributed by atoms with E-state index in [2.05, 4.69) is 24.4 Å². The van der Waals surface area contributed by atoms with E-state index in [-0.39, 0.29) is 5.97 Å². The van der Waals surface area contributed by atoms with E-state index in [1.807, 2.05) is 32.9 Å². The summed E-state index contributed by atoms with van der Waals surface area (Å²) >= 11 is 0. The average molecular weight is 275 g/mol. The Bertz CT molecular complexity index is 482. The second-order valence-electron chi connectivity index (χ2n) is 6.70. The van der Waals surface area contributed by atoms with Gasteiger partial charge in [-0.05, 0) is 51.9 Å². The lowest BCUT2D eigenvalue weighted by atomic mass is 9.82. The highest BCUT2D eigenvalue weighted by molar-refractivity contribution is 5.76. The van der Waals surface area contributed by atoms with Crippen LogP contribution in [-0.4, -0.2) is 19.1 Å². The number of carbonyl (C=O) groups is 1. The van der Waals surface area contributed by atoms with Gasteiger partial charge in [0, 0.05) is 12.8 Å². The van der Waals surface area contributed by atoms with Gasteiger partial charge in [-0.3, -0.25) is 4.79 Å². The molecule has 110 valence electrons. The zero-order valence-corrected chi connectivity index (χ0v) is 13.0. The van der Waals surface area contributed by atoms with Crippen LogP contribution in [0.25, 0.3) is 0 Å². The van der Waals surface area contributed by atoms with E-state index in [1.54, 1.807) is 0 Å². The number of nitrogens with one attached hydrogen (secondary N) is 1. The van der Waals surface area contributed by atoms with Crippen molar-refractivity contribution in [2.45, 2.75) is 46.1 Å². The molecule has 3 heteroatoms. The number of esters is 1. The van der Waals surface area contributed by atoms with Crippen LogP contribution >= 0.6 is 0 Å². The molecule has 0 unspecified atom stereocenters. The summed E-state index contributed by atoms with van der Waals surface area (Å²) in [5, 5.41) is 3.35. The zero-order valence-electron chi connectivity index (χ0n) is 13.0. The van der Waals surface area contributed by atoms with Gasteiger partial charge in [0.1, 0.15) is 5.60 Å². The maximum atomic E-state index is 12.4. The van der Waals surface area contributed by atoms with Gasteiger partial charge in [0.2, 0.25) is 0 Å². The Morgan fingerprint density at radius 1 is 1.20 bits per heavy atom. The van der Waals surface area contributed by atoms with Gasteiger partial charge in [-0.25, -0.2) is 0 Å². The molecule has 1 N–H and O–H groups in total. The lowest BCUT2D eigenvalue weighted by molar-refractivity contribution is -0.174. The van der Waals surface area contributed by atoms with Crippen LogP contribution in [0.4, 0.5) is 0 Å². The van der Waals surface area contributed by atoms with Crippen LogP contribution < -0.4 is 5.32 Å². The van der Waals surface area contributed by atoms with Crippen molar-refractivity contribution in [3.8, 4) is 0 Å². The standard InChI is InChI=1S/C17H25NO2/c1-13-7-5-6-8-14(13)17(9-11-18-12-10-17)20-15(19)16(2,3)4/h5-8,18H,9-12H2,1-4H3. The Morgan fingerprint density at radius 2 is 1.80 bits per heavy atom. The molecule has 0 atom stereocenters. The van der Waals surface area contributed by atoms with Gasteiger partial charge >= 0.3 is 5.97 Å². The Balaban J connectivity index is 2.36. The van der Waals surface area contributed by atoms with Crippen molar-refractivity contribution < 1.29 is 9.53 Å². The number of ether oxygens (including phenoxy) is 1. The molecule has 1 heterocycles. The summed E-state index contributed by atoms with van der Waals surface area (Å²) in [6.07, 6.45) is 1.67. The van der Waals surface area contributed by atoms with Crippen molar-refractivity contribution in [2.24, 2.45) is 5.41 Å². The minimum absolute atomic E-state index is 0.123. The quantitative estimate of drug-likeness (QED) is 0.843. The van der Waals surface area contributed by atoms with Gasteiger partial charge < -0.3 is 10.1 Å². The molecule has 1 aromatic rings. The topological polar surface area (TPSA) is 38.3 Å². The van der Waals surface area contributed by atoms with Gasteiger partial charge in [0.25, 0.3) is 0 Å². The second-order valence-corrected chi connectivity index (χ2v) is 6.70. The summed E-state index contributed by atoms with van der Waals surface area (Å²) in [5.74, 6) is -0.123. The molecule has 1 aliphatic rings. The van der Waals surface area contributed by atoms with E-state index in [1.165, 1.54) is 5.56 Å². The normalized spacial score (nSPS) is 18.6. The first-order chi connectivity index (χ1) is 9.35. The lowest BCUT2D eigenvalue weighted by Gasteiger charge is -2.40. The lowest BCUT2D eigenvalue weighted by Crippen LogP contribution is -2.45. The van der Waals surface area contributed by atoms with E-state index < -0.39 is 11.0 Å². The molecule has 0 aromatic heterocycles. The molecular weight excluding hydrogens is 250 g/mol. The maximum Gasteiger partial charge on any atom is 0.312 e. The Labute approximate surface area is 121 Å². The number of carbonyl (C=O) groups excluding carboxylic acids is 1. The van der Waals surface area contributed by atoms with Crippen LogP contribution in [0.1, 0.15) is 44.7 Å². The number of piperidine rings is 1. The summed E-state index contributed by atoms with van der Waals surface area (Å²) in [6, 6.07) is 8.23. The minimum atomic E-state index is -0.472. The Kier molecular flexibility index (Phi) is 4.19. The molecule has 2 rings (SSSR count). The summed E-state index contributed by atoms with van der Waals surface area (Å²) in [5.41, 5.74) is 1.40. The van der Waals surface area contributed by atoms with Crippen molar-refractivity contribution >= 4 is 5.97 Å². The van der Waals surface area contributed by atoms with E-state index in [4.69, 9.17) is 4.74 Å². The van der Waals surface area contributed by atoms with Crippen molar-refractivity contribution in [3.05, 3.63) is 35.4 Å². The maximum absolute atomic E-state index is 12.4. The van der Waals surface area contributed by atoms with Crippen LogP contribution in [0.15, 0.2) is 24.3 Å². The summed E-state index contributed by atoms with van der Waals surface area (Å²) in [4.78, 5) is 12.4. The van der Waals surface area contributed by atoms with Crippen LogP contribution in [0.2, 0.25) is 0 Å². The third-order valence-electron chi connectivity index (χ3n) is 3.95. The molecule has 1 aliphatic heterocycles. The minimum Gasteiger partial charge on any atom is -0.454 e. The molecule has 0 amide bonds. The van der Waals surface area contributed by atoms with E-state index in [0.717, 1.165) is 31.5 Å². The fourth-order valence-corrected chi connectivity index (χ4v) is 2.67.